The number of nitrogens with one attached hydrogen (secondary N) is 1. The van der Waals surface area contributed by atoms with Crippen LogP contribution < -0.4 is 5.32 Å². The van der Waals surface area contributed by atoms with Crippen LogP contribution >= 0.6 is 27.7 Å². The molecule has 114 valence electrons. The van der Waals surface area contributed by atoms with Gasteiger partial charge in [0.2, 0.25) is 0 Å². The van der Waals surface area contributed by atoms with Crippen molar-refractivity contribution in [3.05, 3.63) is 40.0 Å². The molecule has 0 saturated carbocycles. The Morgan fingerprint density at radius 3 is 2.71 bits per heavy atom. The Morgan fingerprint density at radius 2 is 2.05 bits per heavy atom. The van der Waals surface area contributed by atoms with Crippen molar-refractivity contribution in [3.8, 4) is 0 Å². The monoisotopic (exact) mass is 369 g/mol. The first kappa shape index (κ1) is 16.5. The van der Waals surface area contributed by atoms with Gasteiger partial charge in [0, 0.05) is 42.2 Å². The standard InChI is InChI=1S/C15H20BrN3OS/c1-11-14(10-17-8-9-20-3)15(19(2)18-11)21-13-6-4-12(16)5-7-13/h4-7,17H,8-10H2,1-3H3. The predicted molar refractivity (Wildman–Crippen MR) is 89.8 cm³/mol. The van der Waals surface area contributed by atoms with E-state index in [-0.39, 0.29) is 0 Å². The third-order valence-electron chi connectivity index (χ3n) is 3.10. The van der Waals surface area contributed by atoms with Gasteiger partial charge in [0.25, 0.3) is 0 Å². The van der Waals surface area contributed by atoms with E-state index in [1.54, 1.807) is 18.9 Å². The summed E-state index contributed by atoms with van der Waals surface area (Å²) in [7, 11) is 3.71. The number of aromatic nitrogens is 2. The number of halogens is 1. The highest BCUT2D eigenvalue weighted by Gasteiger charge is 2.14. The van der Waals surface area contributed by atoms with E-state index in [2.05, 4.69) is 57.5 Å². The third kappa shape index (κ3) is 4.57. The van der Waals surface area contributed by atoms with E-state index in [9.17, 15) is 0 Å². The van der Waals surface area contributed by atoms with Gasteiger partial charge in [0.05, 0.1) is 12.3 Å². The SMILES string of the molecule is COCCNCc1c(C)nn(C)c1Sc1ccc(Br)cc1. The molecule has 2 aromatic rings. The number of methoxy groups -OCH3 is 1. The minimum atomic E-state index is 0.717. The van der Waals surface area contributed by atoms with Crippen LogP contribution in [0.1, 0.15) is 11.3 Å². The summed E-state index contributed by atoms with van der Waals surface area (Å²) >= 11 is 5.21. The minimum absolute atomic E-state index is 0.717. The van der Waals surface area contributed by atoms with Crippen molar-refractivity contribution in [1.82, 2.24) is 15.1 Å². The smallest absolute Gasteiger partial charge is 0.103 e. The summed E-state index contributed by atoms with van der Waals surface area (Å²) in [5.41, 5.74) is 2.32. The van der Waals surface area contributed by atoms with Crippen LogP contribution in [0.25, 0.3) is 0 Å². The average molecular weight is 370 g/mol. The van der Waals surface area contributed by atoms with Crippen LogP contribution in [0.15, 0.2) is 38.7 Å². The molecule has 1 aromatic carbocycles. The van der Waals surface area contributed by atoms with Crippen molar-refractivity contribution < 1.29 is 4.74 Å². The lowest BCUT2D eigenvalue weighted by molar-refractivity contribution is 0.199. The second-order valence-corrected chi connectivity index (χ2v) is 6.70. The maximum atomic E-state index is 5.06. The minimum Gasteiger partial charge on any atom is -0.383 e. The van der Waals surface area contributed by atoms with E-state index in [1.807, 2.05) is 11.7 Å². The summed E-state index contributed by atoms with van der Waals surface area (Å²) in [6.07, 6.45) is 0. The molecule has 0 aliphatic carbocycles. The first-order chi connectivity index (χ1) is 10.1. The molecular formula is C15H20BrN3OS. The largest absolute Gasteiger partial charge is 0.383 e. The number of rotatable bonds is 7. The number of hydrogen-bond acceptors (Lipinski definition) is 4. The number of ether oxygens (including phenoxy) is 1. The first-order valence-electron chi connectivity index (χ1n) is 6.77. The van der Waals surface area contributed by atoms with Crippen molar-refractivity contribution in [2.45, 2.75) is 23.4 Å². The lowest BCUT2D eigenvalue weighted by Crippen LogP contribution is -2.19. The molecule has 6 heteroatoms. The molecule has 0 aliphatic rings. The fourth-order valence-electron chi connectivity index (χ4n) is 2.01. The molecule has 0 unspecified atom stereocenters. The van der Waals surface area contributed by atoms with Crippen LogP contribution in [0.2, 0.25) is 0 Å². The normalized spacial score (nSPS) is 11.0. The van der Waals surface area contributed by atoms with E-state index in [4.69, 9.17) is 4.74 Å². The van der Waals surface area contributed by atoms with Gasteiger partial charge in [-0.15, -0.1) is 0 Å². The Bertz CT molecular complexity index is 583. The van der Waals surface area contributed by atoms with E-state index in [0.717, 1.165) is 23.3 Å². The summed E-state index contributed by atoms with van der Waals surface area (Å²) < 4.78 is 8.11. The second kappa shape index (κ2) is 7.98. The zero-order chi connectivity index (χ0) is 15.2. The summed E-state index contributed by atoms with van der Waals surface area (Å²) in [6.45, 7) is 4.42. The van der Waals surface area contributed by atoms with Gasteiger partial charge in [-0.1, -0.05) is 27.7 Å². The van der Waals surface area contributed by atoms with Crippen molar-refractivity contribution in [2.24, 2.45) is 7.05 Å². The first-order valence-corrected chi connectivity index (χ1v) is 8.38. The third-order valence-corrected chi connectivity index (χ3v) is 4.84. The van der Waals surface area contributed by atoms with E-state index in [1.165, 1.54) is 15.5 Å². The molecule has 4 nitrogen and oxygen atoms in total. The maximum Gasteiger partial charge on any atom is 0.103 e. The molecule has 1 N–H and O–H groups in total. The van der Waals surface area contributed by atoms with Gasteiger partial charge in [-0.05, 0) is 31.2 Å². The van der Waals surface area contributed by atoms with Crippen molar-refractivity contribution in [1.29, 1.82) is 0 Å². The van der Waals surface area contributed by atoms with Crippen molar-refractivity contribution in [2.75, 3.05) is 20.3 Å². The van der Waals surface area contributed by atoms with Crippen LogP contribution in [-0.4, -0.2) is 30.0 Å². The number of benzene rings is 1. The van der Waals surface area contributed by atoms with E-state index in [0.29, 0.717) is 6.61 Å². The number of nitrogens with zero attached hydrogens (tertiary/aromatic N) is 2. The van der Waals surface area contributed by atoms with Crippen molar-refractivity contribution >= 4 is 27.7 Å². The highest BCUT2D eigenvalue weighted by Crippen LogP contribution is 2.32. The van der Waals surface area contributed by atoms with Crippen LogP contribution in [-0.2, 0) is 18.3 Å². The molecule has 1 aromatic heterocycles. The Labute approximate surface area is 138 Å². The topological polar surface area (TPSA) is 39.1 Å². The van der Waals surface area contributed by atoms with Gasteiger partial charge in [-0.25, -0.2) is 0 Å². The molecule has 0 atom stereocenters. The summed E-state index contributed by atoms with van der Waals surface area (Å²) in [6, 6.07) is 8.34. The molecule has 0 bridgehead atoms. The Kier molecular flexibility index (Phi) is 6.29. The molecule has 2 rings (SSSR count). The zero-order valence-corrected chi connectivity index (χ0v) is 14.9. The predicted octanol–water partition coefficient (Wildman–Crippen LogP) is 3.38. The fraction of sp³-hybridized carbons (Fsp3) is 0.400. The van der Waals surface area contributed by atoms with Crippen molar-refractivity contribution in [3.63, 3.8) is 0 Å². The molecule has 0 fully saturated rings. The lowest BCUT2D eigenvalue weighted by Gasteiger charge is -2.08. The average Bonchev–Trinajstić information content (AvgIpc) is 2.72. The lowest BCUT2D eigenvalue weighted by atomic mass is 10.2. The molecule has 21 heavy (non-hydrogen) atoms. The molecular weight excluding hydrogens is 350 g/mol. The maximum absolute atomic E-state index is 5.06. The van der Waals surface area contributed by atoms with E-state index >= 15 is 0 Å². The van der Waals surface area contributed by atoms with Crippen LogP contribution in [0.4, 0.5) is 0 Å². The second-order valence-electron chi connectivity index (χ2n) is 4.72. The highest BCUT2D eigenvalue weighted by atomic mass is 79.9. The Hall–Kier alpha value is -0.820. The molecule has 0 aliphatic heterocycles. The van der Waals surface area contributed by atoms with Gasteiger partial charge in [0.15, 0.2) is 0 Å². The van der Waals surface area contributed by atoms with Gasteiger partial charge >= 0.3 is 0 Å². The van der Waals surface area contributed by atoms with Crippen LogP contribution in [0.3, 0.4) is 0 Å². The van der Waals surface area contributed by atoms with Gasteiger partial charge in [-0.3, -0.25) is 4.68 Å². The molecule has 0 spiro atoms. The number of aryl methyl sites for hydroxylation is 2. The van der Waals surface area contributed by atoms with Gasteiger partial charge < -0.3 is 10.1 Å². The fourth-order valence-corrected chi connectivity index (χ4v) is 3.29. The number of hydrogen-bond donors (Lipinski definition) is 1. The summed E-state index contributed by atoms with van der Waals surface area (Å²) in [4.78, 5) is 1.21. The van der Waals surface area contributed by atoms with Gasteiger partial charge in [0.1, 0.15) is 5.03 Å². The highest BCUT2D eigenvalue weighted by molar-refractivity contribution is 9.10. The van der Waals surface area contributed by atoms with E-state index < -0.39 is 0 Å². The quantitative estimate of drug-likeness (QED) is 0.759. The van der Waals surface area contributed by atoms with Crippen LogP contribution in [0.5, 0.6) is 0 Å². The zero-order valence-electron chi connectivity index (χ0n) is 12.5. The molecule has 0 radical (unpaired) electrons. The summed E-state index contributed by atoms with van der Waals surface area (Å²) in [5, 5.41) is 9.11. The summed E-state index contributed by atoms with van der Waals surface area (Å²) in [5.74, 6) is 0. The Balaban J connectivity index is 2.12. The molecule has 0 saturated heterocycles. The van der Waals surface area contributed by atoms with Crippen LogP contribution in [0, 0.1) is 6.92 Å². The van der Waals surface area contributed by atoms with Gasteiger partial charge in [-0.2, -0.15) is 5.10 Å². The Morgan fingerprint density at radius 1 is 1.33 bits per heavy atom. The molecule has 0 amide bonds. The molecule has 1 heterocycles.